The number of benzene rings is 2. The zero-order chi connectivity index (χ0) is 21.1. The molecule has 0 N–H and O–H groups in total. The van der Waals surface area contributed by atoms with Gasteiger partial charge in [-0.2, -0.15) is 4.57 Å². The highest BCUT2D eigenvalue weighted by atomic mass is 16.3. The van der Waals surface area contributed by atoms with Crippen LogP contribution >= 0.6 is 0 Å². The predicted molar refractivity (Wildman–Crippen MR) is 106 cm³/mol. The summed E-state index contributed by atoms with van der Waals surface area (Å²) in [6, 6.07) is 11.3. The molecule has 0 bridgehead atoms. The second-order valence-electron chi connectivity index (χ2n) is 6.76. The number of furan rings is 1. The van der Waals surface area contributed by atoms with Gasteiger partial charge >= 0.3 is 0 Å². The Kier molecular flexibility index (Phi) is 2.88. The summed E-state index contributed by atoms with van der Waals surface area (Å²) in [4.78, 5) is 3.54. The van der Waals surface area contributed by atoms with E-state index in [1.807, 2.05) is 50.6 Å². The Labute approximate surface area is 157 Å². The van der Waals surface area contributed by atoms with Crippen LogP contribution in [0, 0.1) is 34.2 Å². The van der Waals surface area contributed by atoms with Gasteiger partial charge in [0.25, 0.3) is 0 Å². The summed E-state index contributed by atoms with van der Waals surface area (Å²) in [5, 5.41) is 2.00. The van der Waals surface area contributed by atoms with Crippen molar-refractivity contribution in [2.75, 3.05) is 0 Å². The molecule has 3 nitrogen and oxygen atoms in total. The molecule has 4 rings (SSSR count). The molecule has 128 valence electrons. The summed E-state index contributed by atoms with van der Waals surface area (Å²) >= 11 is 0. The van der Waals surface area contributed by atoms with Gasteiger partial charge in [-0.15, -0.1) is 0 Å². The van der Waals surface area contributed by atoms with E-state index in [9.17, 15) is 0 Å². The second kappa shape index (κ2) is 5.71. The van der Waals surface area contributed by atoms with Gasteiger partial charge in [0.2, 0.25) is 5.69 Å². The van der Waals surface area contributed by atoms with Crippen molar-refractivity contribution in [2.24, 2.45) is 7.05 Å². The minimum atomic E-state index is -2.16. The number of aryl methyl sites for hydroxylation is 3. The van der Waals surface area contributed by atoms with Gasteiger partial charge in [0, 0.05) is 33.4 Å². The lowest BCUT2D eigenvalue weighted by Crippen LogP contribution is -2.35. The minimum absolute atomic E-state index is 0.343. The highest BCUT2D eigenvalue weighted by molar-refractivity contribution is 6.11. The first-order valence-corrected chi connectivity index (χ1v) is 8.48. The molecule has 2 aromatic heterocycles. The van der Waals surface area contributed by atoms with Gasteiger partial charge in [0.05, 0.1) is 12.1 Å². The third-order valence-electron chi connectivity index (χ3n) is 5.18. The zero-order valence-electron chi connectivity index (χ0n) is 18.3. The van der Waals surface area contributed by atoms with Crippen molar-refractivity contribution >= 4 is 27.6 Å². The van der Waals surface area contributed by atoms with Gasteiger partial charge in [-0.3, -0.25) is 0 Å². The van der Waals surface area contributed by atoms with Crippen LogP contribution in [-0.2, 0) is 7.05 Å². The van der Waals surface area contributed by atoms with Crippen LogP contribution in [0.2, 0.25) is 0 Å². The number of aromatic nitrogens is 1. The fourth-order valence-corrected chi connectivity index (χ4v) is 3.65. The molecular weight excluding hydrogens is 320 g/mol. The Morgan fingerprint density at radius 2 is 1.81 bits per heavy atom. The van der Waals surface area contributed by atoms with E-state index in [0.29, 0.717) is 22.5 Å². The quantitative estimate of drug-likeness (QED) is 0.313. The lowest BCUT2D eigenvalue weighted by Gasteiger charge is -2.08. The molecule has 0 aliphatic heterocycles. The molecule has 0 radical (unpaired) electrons. The lowest BCUT2D eigenvalue weighted by molar-refractivity contribution is -0.667. The van der Waals surface area contributed by atoms with Gasteiger partial charge in [0.1, 0.15) is 18.2 Å². The van der Waals surface area contributed by atoms with Gasteiger partial charge in [-0.05, 0) is 44.0 Å². The molecule has 0 fully saturated rings. The molecule has 26 heavy (non-hydrogen) atoms. The second-order valence-corrected chi connectivity index (χ2v) is 6.76. The Bertz CT molecular complexity index is 1340. The van der Waals surface area contributed by atoms with E-state index in [4.69, 9.17) is 15.1 Å². The number of hydrogen-bond acceptors (Lipinski definition) is 1. The molecule has 0 saturated heterocycles. The van der Waals surface area contributed by atoms with Gasteiger partial charge < -0.3 is 4.42 Å². The van der Waals surface area contributed by atoms with Crippen molar-refractivity contribution in [3.8, 4) is 11.3 Å². The van der Waals surface area contributed by atoms with Crippen molar-refractivity contribution in [3.05, 3.63) is 70.2 Å². The molecule has 0 saturated carbocycles. The van der Waals surface area contributed by atoms with Gasteiger partial charge in [0.15, 0.2) is 11.4 Å². The summed E-state index contributed by atoms with van der Waals surface area (Å²) in [6.07, 6.45) is 0. The van der Waals surface area contributed by atoms with Crippen LogP contribution in [-0.4, -0.2) is 0 Å². The van der Waals surface area contributed by atoms with Crippen molar-refractivity contribution in [1.29, 1.82) is 0 Å². The maximum absolute atomic E-state index is 7.77. The third-order valence-corrected chi connectivity index (χ3v) is 5.18. The highest BCUT2D eigenvalue weighted by Crippen LogP contribution is 2.39. The molecule has 2 aromatic carbocycles. The van der Waals surface area contributed by atoms with Gasteiger partial charge in [-0.1, -0.05) is 18.2 Å². The zero-order valence-corrected chi connectivity index (χ0v) is 15.3. The first-order valence-electron chi connectivity index (χ1n) is 9.98. The number of pyridine rings is 1. The first kappa shape index (κ1) is 13.1. The Morgan fingerprint density at radius 3 is 2.54 bits per heavy atom. The maximum atomic E-state index is 7.77. The van der Waals surface area contributed by atoms with Crippen LogP contribution < -0.4 is 4.57 Å². The molecule has 3 heteroatoms. The van der Waals surface area contributed by atoms with Gasteiger partial charge in [-0.25, -0.2) is 4.85 Å². The minimum Gasteiger partial charge on any atom is -0.456 e. The first-order chi connectivity index (χ1) is 13.6. The number of fused-ring (bicyclic) bond motifs is 3. The van der Waals surface area contributed by atoms with E-state index in [2.05, 4.69) is 10.9 Å². The van der Waals surface area contributed by atoms with E-state index < -0.39 is 6.85 Å². The van der Waals surface area contributed by atoms with Crippen LogP contribution in [0.1, 0.15) is 26.5 Å². The molecule has 0 unspecified atom stereocenters. The van der Waals surface area contributed by atoms with E-state index >= 15 is 0 Å². The van der Waals surface area contributed by atoms with Crippen LogP contribution in [0.4, 0.5) is 5.69 Å². The van der Waals surface area contributed by atoms with Crippen molar-refractivity contribution < 1.29 is 13.1 Å². The van der Waals surface area contributed by atoms with Crippen LogP contribution in [0.5, 0.6) is 0 Å². The van der Waals surface area contributed by atoms with Crippen molar-refractivity contribution in [2.45, 2.75) is 27.6 Å². The van der Waals surface area contributed by atoms with Crippen LogP contribution in [0.15, 0.2) is 40.8 Å². The largest absolute Gasteiger partial charge is 0.456 e. The van der Waals surface area contributed by atoms with E-state index in [1.165, 1.54) is 0 Å². The number of hydrogen-bond donors (Lipinski definition) is 0. The van der Waals surface area contributed by atoms with E-state index in [1.54, 1.807) is 12.1 Å². The topological polar surface area (TPSA) is 21.4 Å². The molecule has 0 atom stereocenters. The summed E-state index contributed by atoms with van der Waals surface area (Å²) in [6.45, 7) is 11.0. The average molecular weight is 344 g/mol. The summed E-state index contributed by atoms with van der Waals surface area (Å²) in [7, 11) is 1.88. The highest BCUT2D eigenvalue weighted by Gasteiger charge is 2.22. The lowest BCUT2D eigenvalue weighted by atomic mass is 9.98. The third kappa shape index (κ3) is 2.23. The molecule has 4 aromatic rings. The smallest absolute Gasteiger partial charge is 0.216 e. The average Bonchev–Trinajstić information content (AvgIpc) is 3.02. The predicted octanol–water partition coefficient (Wildman–Crippen LogP) is 5.86. The SMILES string of the molecule is [2H]C([2H])([2H])c1ccc(-c2c(C)ccc3c2oc2cc([N+]#[C-])cc(C)c23)[n+](C)c1C. The summed E-state index contributed by atoms with van der Waals surface area (Å²) in [5.41, 5.74) is 6.90. The fraction of sp³-hybridized carbons (Fsp3) is 0.217. The molecule has 2 heterocycles. The monoisotopic (exact) mass is 344 g/mol. The summed E-state index contributed by atoms with van der Waals surface area (Å²) < 4.78 is 31.5. The Balaban J connectivity index is 2.09. The van der Waals surface area contributed by atoms with E-state index in [-0.39, 0.29) is 0 Å². The van der Waals surface area contributed by atoms with E-state index in [0.717, 1.165) is 38.7 Å². The van der Waals surface area contributed by atoms with Crippen molar-refractivity contribution in [3.63, 3.8) is 0 Å². The molecular formula is C23H21N2O+. The molecule has 0 spiro atoms. The Hall–Kier alpha value is -3.12. The Morgan fingerprint density at radius 1 is 1.04 bits per heavy atom. The number of nitrogens with zero attached hydrogens (tertiary/aromatic N) is 2. The molecule has 0 amide bonds. The standard InChI is InChI=1S/C23H21N2O/c1-13-8-10-19(25(6)16(13)4)22-14(2)7-9-18-21-15(3)11-17(24-5)12-20(21)26-23(18)22/h7-12H,1-4,6H3/q+1/i1D3. The fourth-order valence-electron chi connectivity index (χ4n) is 3.65. The van der Waals surface area contributed by atoms with Crippen LogP contribution in [0.3, 0.4) is 0 Å². The number of rotatable bonds is 1. The maximum Gasteiger partial charge on any atom is 0.216 e. The normalized spacial score (nSPS) is 13.4. The summed E-state index contributed by atoms with van der Waals surface area (Å²) in [5.74, 6) is 0. The molecule has 0 aliphatic rings. The van der Waals surface area contributed by atoms with Crippen LogP contribution in [0.25, 0.3) is 38.0 Å². The molecule has 0 aliphatic carbocycles. The van der Waals surface area contributed by atoms with Crippen molar-refractivity contribution in [1.82, 2.24) is 0 Å².